The van der Waals surface area contributed by atoms with Gasteiger partial charge in [0, 0.05) is 30.5 Å². The van der Waals surface area contributed by atoms with E-state index in [0.717, 1.165) is 43.3 Å². The van der Waals surface area contributed by atoms with Gasteiger partial charge >= 0.3 is 0 Å². The van der Waals surface area contributed by atoms with Crippen molar-refractivity contribution in [3.05, 3.63) is 5.82 Å². The smallest absolute Gasteiger partial charge is 0.202 e. The van der Waals surface area contributed by atoms with Crippen molar-refractivity contribution >= 4 is 16.7 Å². The van der Waals surface area contributed by atoms with Gasteiger partial charge in [-0.3, -0.25) is 0 Å². The lowest BCUT2D eigenvalue weighted by molar-refractivity contribution is 0.273. The lowest BCUT2D eigenvalue weighted by Gasteiger charge is -2.20. The molecule has 5 heteroatoms. The Bertz CT molecular complexity index is 311. The fourth-order valence-electron chi connectivity index (χ4n) is 1.43. The van der Waals surface area contributed by atoms with Gasteiger partial charge in [-0.2, -0.15) is 4.37 Å². The monoisotopic (exact) mass is 256 g/mol. The van der Waals surface area contributed by atoms with E-state index in [0.29, 0.717) is 6.04 Å². The van der Waals surface area contributed by atoms with Crippen molar-refractivity contribution in [2.45, 2.75) is 46.1 Å². The largest absolute Gasteiger partial charge is 0.360 e. The fourth-order valence-corrected chi connectivity index (χ4v) is 2.07. The van der Waals surface area contributed by atoms with Crippen molar-refractivity contribution in [3.8, 4) is 0 Å². The summed E-state index contributed by atoms with van der Waals surface area (Å²) in [6.07, 6.45) is 3.22. The lowest BCUT2D eigenvalue weighted by Crippen LogP contribution is -2.28. The van der Waals surface area contributed by atoms with Crippen molar-refractivity contribution in [3.63, 3.8) is 0 Å². The van der Waals surface area contributed by atoms with Crippen LogP contribution in [0, 0.1) is 0 Å². The summed E-state index contributed by atoms with van der Waals surface area (Å²) in [5.41, 5.74) is 0. The molecule has 0 aliphatic rings. The SMILES string of the molecule is CCCc1nsc(NCCCN(C)C(C)C)n1. The van der Waals surface area contributed by atoms with Crippen LogP contribution < -0.4 is 5.32 Å². The van der Waals surface area contributed by atoms with Crippen molar-refractivity contribution in [1.29, 1.82) is 0 Å². The van der Waals surface area contributed by atoms with Gasteiger partial charge in [0.25, 0.3) is 0 Å². The molecule has 4 nitrogen and oxygen atoms in total. The number of anilines is 1. The minimum atomic E-state index is 0.618. The van der Waals surface area contributed by atoms with Gasteiger partial charge in [-0.1, -0.05) is 6.92 Å². The highest BCUT2D eigenvalue weighted by atomic mass is 32.1. The van der Waals surface area contributed by atoms with Crippen LogP contribution in [0.15, 0.2) is 0 Å². The Labute approximate surface area is 109 Å². The van der Waals surface area contributed by atoms with E-state index >= 15 is 0 Å². The fraction of sp³-hybridized carbons (Fsp3) is 0.833. The topological polar surface area (TPSA) is 41.1 Å². The summed E-state index contributed by atoms with van der Waals surface area (Å²) in [6.45, 7) is 8.67. The molecule has 0 amide bonds. The molecule has 17 heavy (non-hydrogen) atoms. The van der Waals surface area contributed by atoms with Crippen LogP contribution in [0.2, 0.25) is 0 Å². The van der Waals surface area contributed by atoms with Crippen LogP contribution in [0.25, 0.3) is 0 Å². The number of hydrogen-bond donors (Lipinski definition) is 1. The highest BCUT2D eigenvalue weighted by molar-refractivity contribution is 7.09. The van der Waals surface area contributed by atoms with Gasteiger partial charge in [0.2, 0.25) is 5.13 Å². The average molecular weight is 256 g/mol. The van der Waals surface area contributed by atoms with Gasteiger partial charge in [-0.05, 0) is 40.3 Å². The number of nitrogens with one attached hydrogen (secondary N) is 1. The maximum atomic E-state index is 4.43. The average Bonchev–Trinajstić information content (AvgIpc) is 2.72. The van der Waals surface area contributed by atoms with Crippen LogP contribution in [0.4, 0.5) is 5.13 Å². The molecule has 0 fully saturated rings. The first-order valence-electron chi connectivity index (χ1n) is 6.40. The van der Waals surface area contributed by atoms with E-state index in [2.05, 4.69) is 47.4 Å². The molecule has 1 N–H and O–H groups in total. The molecule has 0 radical (unpaired) electrons. The van der Waals surface area contributed by atoms with Crippen LogP contribution in [0.1, 0.15) is 39.4 Å². The van der Waals surface area contributed by atoms with Crippen LogP contribution in [0.3, 0.4) is 0 Å². The van der Waals surface area contributed by atoms with E-state index in [4.69, 9.17) is 0 Å². The van der Waals surface area contributed by atoms with E-state index in [9.17, 15) is 0 Å². The van der Waals surface area contributed by atoms with Gasteiger partial charge in [-0.25, -0.2) is 4.98 Å². The van der Waals surface area contributed by atoms with Gasteiger partial charge < -0.3 is 10.2 Å². The molecule has 0 atom stereocenters. The van der Waals surface area contributed by atoms with E-state index < -0.39 is 0 Å². The van der Waals surface area contributed by atoms with Crippen molar-refractivity contribution in [2.75, 3.05) is 25.5 Å². The zero-order valence-electron chi connectivity index (χ0n) is 11.4. The highest BCUT2D eigenvalue weighted by Crippen LogP contribution is 2.11. The molecule has 0 saturated carbocycles. The zero-order valence-corrected chi connectivity index (χ0v) is 12.2. The van der Waals surface area contributed by atoms with E-state index in [1.807, 2.05) is 0 Å². The summed E-state index contributed by atoms with van der Waals surface area (Å²) < 4.78 is 4.31. The Morgan fingerprint density at radius 3 is 2.82 bits per heavy atom. The van der Waals surface area contributed by atoms with E-state index in [1.54, 1.807) is 0 Å². The third-order valence-electron chi connectivity index (χ3n) is 2.79. The third-order valence-corrected chi connectivity index (χ3v) is 3.50. The van der Waals surface area contributed by atoms with Gasteiger partial charge in [-0.15, -0.1) is 0 Å². The molecule has 1 aromatic heterocycles. The second kappa shape index (κ2) is 7.61. The van der Waals surface area contributed by atoms with Gasteiger partial charge in [0.1, 0.15) is 5.82 Å². The van der Waals surface area contributed by atoms with Gasteiger partial charge in [0.05, 0.1) is 0 Å². The summed E-state index contributed by atoms with van der Waals surface area (Å²) in [4.78, 5) is 6.79. The molecule has 0 saturated heterocycles. The summed E-state index contributed by atoms with van der Waals surface area (Å²) in [7, 11) is 2.16. The summed E-state index contributed by atoms with van der Waals surface area (Å²) in [6, 6.07) is 0.618. The first-order valence-corrected chi connectivity index (χ1v) is 7.17. The first kappa shape index (κ1) is 14.4. The molecule has 0 aliphatic heterocycles. The highest BCUT2D eigenvalue weighted by Gasteiger charge is 2.04. The zero-order chi connectivity index (χ0) is 12.7. The Morgan fingerprint density at radius 1 is 1.41 bits per heavy atom. The predicted octanol–water partition coefficient (Wildman–Crippen LogP) is 2.63. The van der Waals surface area contributed by atoms with Crippen molar-refractivity contribution in [1.82, 2.24) is 14.3 Å². The maximum Gasteiger partial charge on any atom is 0.202 e. The molecule has 1 rings (SSSR count). The molecule has 0 unspecified atom stereocenters. The molecular weight excluding hydrogens is 232 g/mol. The van der Waals surface area contributed by atoms with Crippen molar-refractivity contribution in [2.24, 2.45) is 0 Å². The second-order valence-corrected chi connectivity index (χ2v) is 5.37. The number of rotatable bonds is 8. The van der Waals surface area contributed by atoms with Crippen LogP contribution in [-0.2, 0) is 6.42 Å². The second-order valence-electron chi connectivity index (χ2n) is 4.62. The van der Waals surface area contributed by atoms with Crippen molar-refractivity contribution < 1.29 is 0 Å². The standard InChI is InChI=1S/C12H24N4S/c1-5-7-11-14-12(17-15-11)13-8-6-9-16(4)10(2)3/h10H,5-9H2,1-4H3,(H,13,14,15). The minimum Gasteiger partial charge on any atom is -0.360 e. The number of nitrogens with zero attached hydrogens (tertiary/aromatic N) is 3. The molecule has 98 valence electrons. The Balaban J connectivity index is 2.17. The van der Waals surface area contributed by atoms with Crippen LogP contribution in [-0.4, -0.2) is 40.4 Å². The molecule has 1 aromatic rings. The summed E-state index contributed by atoms with van der Waals surface area (Å²) in [5, 5.41) is 4.29. The lowest BCUT2D eigenvalue weighted by atomic mass is 10.3. The number of aromatic nitrogens is 2. The quantitative estimate of drug-likeness (QED) is 0.726. The van der Waals surface area contributed by atoms with Gasteiger partial charge in [0.15, 0.2) is 0 Å². The predicted molar refractivity (Wildman–Crippen MR) is 74.8 cm³/mol. The molecular formula is C12H24N4S. The Kier molecular flexibility index (Phi) is 6.44. The number of hydrogen-bond acceptors (Lipinski definition) is 5. The number of aryl methyl sites for hydroxylation is 1. The Hall–Kier alpha value is -0.680. The minimum absolute atomic E-state index is 0.618. The van der Waals surface area contributed by atoms with E-state index in [-0.39, 0.29) is 0 Å². The Morgan fingerprint density at radius 2 is 2.18 bits per heavy atom. The molecule has 1 heterocycles. The van der Waals surface area contributed by atoms with Crippen LogP contribution >= 0.6 is 11.5 Å². The van der Waals surface area contributed by atoms with Crippen LogP contribution in [0.5, 0.6) is 0 Å². The molecule has 0 aliphatic carbocycles. The summed E-state index contributed by atoms with van der Waals surface area (Å²) >= 11 is 1.47. The third kappa shape index (κ3) is 5.46. The maximum absolute atomic E-state index is 4.43. The van der Waals surface area contributed by atoms with E-state index in [1.165, 1.54) is 11.5 Å². The first-order chi connectivity index (χ1) is 8.13. The normalized spacial score (nSPS) is 11.4. The summed E-state index contributed by atoms with van der Waals surface area (Å²) in [5.74, 6) is 0.972. The molecule has 0 bridgehead atoms. The molecule has 0 spiro atoms. The molecule has 0 aromatic carbocycles.